The molecule has 6 heteroatoms. The van der Waals surface area contributed by atoms with E-state index in [0.29, 0.717) is 17.7 Å². The largest absolute Gasteiger partial charge is 0.324 e. The molecule has 1 heterocycles. The number of rotatable bonds is 7. The molecule has 0 aliphatic heterocycles. The molecule has 0 spiro atoms. The summed E-state index contributed by atoms with van der Waals surface area (Å²) in [6.45, 7) is 8.68. The maximum atomic E-state index is 12.3. The smallest absolute Gasteiger partial charge is 0.248 e. The van der Waals surface area contributed by atoms with Gasteiger partial charge in [0.05, 0.1) is 0 Å². The SMILES string of the molecule is CC[C@H](C)c1ccc(NC(=O)Cn2nnc(-c3ccc(C(C)C)cc3)n2)cc1. The molecule has 3 rings (SSSR count). The second-order valence-corrected chi connectivity index (χ2v) is 7.40. The topological polar surface area (TPSA) is 72.7 Å². The molecule has 0 bridgehead atoms. The highest BCUT2D eigenvalue weighted by atomic mass is 16.2. The molecule has 0 aliphatic rings. The lowest BCUT2D eigenvalue weighted by Gasteiger charge is -2.10. The zero-order valence-electron chi connectivity index (χ0n) is 16.9. The van der Waals surface area contributed by atoms with Crippen LogP contribution in [-0.2, 0) is 11.3 Å². The molecule has 1 atom stereocenters. The van der Waals surface area contributed by atoms with Crippen molar-refractivity contribution in [3.63, 3.8) is 0 Å². The Bertz CT molecular complexity index is 913. The molecule has 0 saturated heterocycles. The summed E-state index contributed by atoms with van der Waals surface area (Å²) in [6.07, 6.45) is 1.09. The number of aromatic nitrogens is 4. The Kier molecular flexibility index (Phi) is 6.19. The first kappa shape index (κ1) is 19.7. The van der Waals surface area contributed by atoms with Crippen LogP contribution < -0.4 is 5.32 Å². The van der Waals surface area contributed by atoms with Crippen molar-refractivity contribution >= 4 is 11.6 Å². The van der Waals surface area contributed by atoms with Crippen LogP contribution in [0, 0.1) is 0 Å². The van der Waals surface area contributed by atoms with Crippen LogP contribution in [0.5, 0.6) is 0 Å². The third-order valence-electron chi connectivity index (χ3n) is 4.95. The van der Waals surface area contributed by atoms with Gasteiger partial charge in [-0.1, -0.05) is 64.1 Å². The molecule has 146 valence electrons. The van der Waals surface area contributed by atoms with Gasteiger partial charge in [0.1, 0.15) is 6.54 Å². The van der Waals surface area contributed by atoms with E-state index in [9.17, 15) is 4.79 Å². The van der Waals surface area contributed by atoms with Crippen LogP contribution in [0.15, 0.2) is 48.5 Å². The zero-order chi connectivity index (χ0) is 20.1. The maximum absolute atomic E-state index is 12.3. The lowest BCUT2D eigenvalue weighted by atomic mass is 9.99. The number of benzene rings is 2. The van der Waals surface area contributed by atoms with Gasteiger partial charge in [-0.2, -0.15) is 4.80 Å². The summed E-state index contributed by atoms with van der Waals surface area (Å²) in [6, 6.07) is 16.1. The van der Waals surface area contributed by atoms with Gasteiger partial charge in [-0.15, -0.1) is 10.2 Å². The van der Waals surface area contributed by atoms with Gasteiger partial charge in [0.2, 0.25) is 11.7 Å². The van der Waals surface area contributed by atoms with Crippen LogP contribution in [0.3, 0.4) is 0 Å². The molecular formula is C22H27N5O. The minimum Gasteiger partial charge on any atom is -0.324 e. The predicted molar refractivity (Wildman–Crippen MR) is 111 cm³/mol. The number of hydrogen-bond donors (Lipinski definition) is 1. The van der Waals surface area contributed by atoms with E-state index in [1.807, 2.05) is 24.3 Å². The van der Waals surface area contributed by atoms with E-state index < -0.39 is 0 Å². The molecular weight excluding hydrogens is 350 g/mol. The van der Waals surface area contributed by atoms with Gasteiger partial charge >= 0.3 is 0 Å². The van der Waals surface area contributed by atoms with E-state index in [4.69, 9.17) is 0 Å². The summed E-state index contributed by atoms with van der Waals surface area (Å²) >= 11 is 0. The van der Waals surface area contributed by atoms with Crippen LogP contribution in [0.2, 0.25) is 0 Å². The van der Waals surface area contributed by atoms with E-state index in [0.717, 1.165) is 17.7 Å². The molecule has 2 aromatic carbocycles. The molecule has 3 aromatic rings. The maximum Gasteiger partial charge on any atom is 0.248 e. The Balaban J connectivity index is 1.60. The minimum absolute atomic E-state index is 0.0180. The third-order valence-corrected chi connectivity index (χ3v) is 4.95. The summed E-state index contributed by atoms with van der Waals surface area (Å²) in [5.41, 5.74) is 4.18. The van der Waals surface area contributed by atoms with Crippen molar-refractivity contribution < 1.29 is 4.79 Å². The number of nitrogens with zero attached hydrogens (tertiary/aromatic N) is 4. The molecule has 0 aliphatic carbocycles. The van der Waals surface area contributed by atoms with Crippen LogP contribution in [0.4, 0.5) is 5.69 Å². The van der Waals surface area contributed by atoms with Crippen molar-refractivity contribution in [1.82, 2.24) is 20.2 Å². The number of anilines is 1. The van der Waals surface area contributed by atoms with Gasteiger partial charge in [-0.3, -0.25) is 4.79 Å². The van der Waals surface area contributed by atoms with E-state index in [-0.39, 0.29) is 12.5 Å². The van der Waals surface area contributed by atoms with Gasteiger partial charge < -0.3 is 5.32 Å². The molecule has 0 unspecified atom stereocenters. The molecule has 0 radical (unpaired) electrons. The van der Waals surface area contributed by atoms with Gasteiger partial charge in [0.25, 0.3) is 0 Å². The molecule has 28 heavy (non-hydrogen) atoms. The van der Waals surface area contributed by atoms with Crippen molar-refractivity contribution in [3.05, 3.63) is 59.7 Å². The van der Waals surface area contributed by atoms with Crippen LogP contribution in [0.1, 0.15) is 57.1 Å². The third kappa shape index (κ3) is 4.82. The second-order valence-electron chi connectivity index (χ2n) is 7.40. The average Bonchev–Trinajstić information content (AvgIpc) is 3.16. The fourth-order valence-corrected chi connectivity index (χ4v) is 2.90. The first-order chi connectivity index (χ1) is 13.5. The van der Waals surface area contributed by atoms with Gasteiger partial charge in [-0.05, 0) is 46.7 Å². The molecule has 1 aromatic heterocycles. The fourth-order valence-electron chi connectivity index (χ4n) is 2.90. The Labute approximate surface area is 166 Å². The molecule has 6 nitrogen and oxygen atoms in total. The first-order valence-corrected chi connectivity index (χ1v) is 9.74. The van der Waals surface area contributed by atoms with Crippen molar-refractivity contribution in [2.45, 2.75) is 52.5 Å². The molecule has 1 N–H and O–H groups in total. The second kappa shape index (κ2) is 8.78. The minimum atomic E-state index is -0.185. The van der Waals surface area contributed by atoms with Crippen LogP contribution in [-0.4, -0.2) is 26.1 Å². The highest BCUT2D eigenvalue weighted by Gasteiger charge is 2.11. The number of carbonyl (C=O) groups excluding carboxylic acids is 1. The van der Waals surface area contributed by atoms with Crippen molar-refractivity contribution in [2.24, 2.45) is 0 Å². The number of tetrazole rings is 1. The Hall–Kier alpha value is -3.02. The summed E-state index contributed by atoms with van der Waals surface area (Å²) < 4.78 is 0. The quantitative estimate of drug-likeness (QED) is 0.652. The number of hydrogen-bond acceptors (Lipinski definition) is 4. The van der Waals surface area contributed by atoms with E-state index >= 15 is 0 Å². The van der Waals surface area contributed by atoms with Crippen LogP contribution in [0.25, 0.3) is 11.4 Å². The van der Waals surface area contributed by atoms with E-state index in [2.05, 4.69) is 72.7 Å². The van der Waals surface area contributed by atoms with Gasteiger partial charge in [-0.25, -0.2) is 0 Å². The normalized spacial score (nSPS) is 12.2. The standard InChI is InChI=1S/C22H27N5O/c1-5-16(4)18-10-12-20(13-11-18)23-21(28)14-27-25-22(24-26-27)19-8-6-17(7-9-19)15(2)3/h6-13,15-16H,5,14H2,1-4H3,(H,23,28)/t16-/m0/s1. The van der Waals surface area contributed by atoms with Crippen molar-refractivity contribution in [2.75, 3.05) is 5.32 Å². The zero-order valence-corrected chi connectivity index (χ0v) is 16.9. The fraction of sp³-hybridized carbons (Fsp3) is 0.364. The summed E-state index contributed by atoms with van der Waals surface area (Å²) in [4.78, 5) is 13.6. The number of nitrogens with one attached hydrogen (secondary N) is 1. The average molecular weight is 377 g/mol. The molecule has 0 saturated carbocycles. The van der Waals surface area contributed by atoms with Gasteiger partial charge in [0, 0.05) is 11.3 Å². The Morgan fingerprint density at radius 3 is 2.25 bits per heavy atom. The van der Waals surface area contributed by atoms with Gasteiger partial charge in [0.15, 0.2) is 0 Å². The highest BCUT2D eigenvalue weighted by molar-refractivity contribution is 5.90. The summed E-state index contributed by atoms with van der Waals surface area (Å²) in [5, 5.41) is 15.3. The molecule has 1 amide bonds. The van der Waals surface area contributed by atoms with Crippen LogP contribution >= 0.6 is 0 Å². The number of carbonyl (C=O) groups is 1. The van der Waals surface area contributed by atoms with Crippen molar-refractivity contribution in [3.8, 4) is 11.4 Å². The highest BCUT2D eigenvalue weighted by Crippen LogP contribution is 2.21. The number of amides is 1. The van der Waals surface area contributed by atoms with Crippen molar-refractivity contribution in [1.29, 1.82) is 0 Å². The predicted octanol–water partition coefficient (Wildman–Crippen LogP) is 4.62. The first-order valence-electron chi connectivity index (χ1n) is 9.74. The Morgan fingerprint density at radius 1 is 1.00 bits per heavy atom. The van der Waals surface area contributed by atoms with E-state index in [1.54, 1.807) is 0 Å². The van der Waals surface area contributed by atoms with E-state index in [1.165, 1.54) is 15.9 Å². The lowest BCUT2D eigenvalue weighted by molar-refractivity contribution is -0.117. The summed E-state index contributed by atoms with van der Waals surface area (Å²) in [7, 11) is 0. The molecule has 0 fully saturated rings. The monoisotopic (exact) mass is 377 g/mol. The lowest BCUT2D eigenvalue weighted by Crippen LogP contribution is -2.20. The Morgan fingerprint density at radius 2 is 1.64 bits per heavy atom. The summed E-state index contributed by atoms with van der Waals surface area (Å²) in [5.74, 6) is 1.31.